The van der Waals surface area contributed by atoms with Crippen molar-refractivity contribution in [1.29, 1.82) is 0 Å². The highest BCUT2D eigenvalue weighted by molar-refractivity contribution is 9.10. The van der Waals surface area contributed by atoms with Gasteiger partial charge >= 0.3 is 0 Å². The van der Waals surface area contributed by atoms with Crippen molar-refractivity contribution < 1.29 is 9.53 Å². The van der Waals surface area contributed by atoms with Crippen LogP contribution in [0.2, 0.25) is 0 Å². The maximum atomic E-state index is 12.1. The SMILES string of the molecule is COc1cccc(CNC(=O)Cn2nnc(-c3ccccc3Br)n2)c1. The number of rotatable bonds is 6. The maximum absolute atomic E-state index is 12.1. The molecule has 0 aliphatic carbocycles. The standard InChI is InChI=1S/C17H16BrN5O2/c1-25-13-6-4-5-12(9-13)10-19-16(24)11-23-21-17(20-22-23)14-7-2-3-8-15(14)18/h2-9H,10-11H2,1H3,(H,19,24). The zero-order valence-corrected chi connectivity index (χ0v) is 15.1. The number of nitrogens with one attached hydrogen (secondary N) is 1. The summed E-state index contributed by atoms with van der Waals surface area (Å²) in [5, 5.41) is 15.0. The maximum Gasteiger partial charge on any atom is 0.243 e. The fourth-order valence-electron chi connectivity index (χ4n) is 2.23. The van der Waals surface area contributed by atoms with Crippen LogP contribution in [0.1, 0.15) is 5.56 Å². The lowest BCUT2D eigenvalue weighted by Gasteiger charge is -2.06. The number of nitrogens with zero attached hydrogens (tertiary/aromatic N) is 4. The van der Waals surface area contributed by atoms with E-state index >= 15 is 0 Å². The summed E-state index contributed by atoms with van der Waals surface area (Å²) in [6.45, 7) is 0.406. The molecule has 0 radical (unpaired) electrons. The molecule has 0 atom stereocenters. The Balaban J connectivity index is 1.59. The van der Waals surface area contributed by atoms with Crippen molar-refractivity contribution >= 4 is 21.8 Å². The lowest BCUT2D eigenvalue weighted by molar-refractivity contribution is -0.122. The first-order valence-corrected chi connectivity index (χ1v) is 8.37. The van der Waals surface area contributed by atoms with Crippen LogP contribution in [0.5, 0.6) is 5.75 Å². The summed E-state index contributed by atoms with van der Waals surface area (Å²) in [5.74, 6) is 1.02. The normalized spacial score (nSPS) is 10.5. The summed E-state index contributed by atoms with van der Waals surface area (Å²) in [4.78, 5) is 13.3. The van der Waals surface area contributed by atoms with E-state index in [1.807, 2.05) is 48.5 Å². The van der Waals surface area contributed by atoms with Gasteiger partial charge in [0, 0.05) is 16.6 Å². The van der Waals surface area contributed by atoms with Gasteiger partial charge in [0.1, 0.15) is 12.3 Å². The number of benzene rings is 2. The van der Waals surface area contributed by atoms with Gasteiger partial charge in [-0.05, 0) is 35.0 Å². The molecule has 25 heavy (non-hydrogen) atoms. The van der Waals surface area contributed by atoms with Crippen LogP contribution in [0.4, 0.5) is 0 Å². The first-order valence-electron chi connectivity index (χ1n) is 7.58. The molecule has 0 aliphatic heterocycles. The topological polar surface area (TPSA) is 81.9 Å². The second-order valence-electron chi connectivity index (χ2n) is 5.25. The predicted octanol–water partition coefficient (Wildman–Crippen LogP) is 2.43. The van der Waals surface area contributed by atoms with Gasteiger partial charge in [-0.15, -0.1) is 10.2 Å². The highest BCUT2D eigenvalue weighted by Gasteiger charge is 2.11. The number of tetrazole rings is 1. The number of hydrogen-bond acceptors (Lipinski definition) is 5. The molecule has 3 rings (SSSR count). The summed E-state index contributed by atoms with van der Waals surface area (Å²) in [6, 6.07) is 15.1. The molecule has 0 aliphatic rings. The molecule has 1 aromatic heterocycles. The van der Waals surface area contributed by atoms with E-state index in [4.69, 9.17) is 4.74 Å². The number of amides is 1. The molecule has 128 valence electrons. The van der Waals surface area contributed by atoms with E-state index in [2.05, 4.69) is 36.7 Å². The van der Waals surface area contributed by atoms with E-state index in [1.165, 1.54) is 4.80 Å². The summed E-state index contributed by atoms with van der Waals surface area (Å²) in [7, 11) is 1.61. The molecule has 0 bridgehead atoms. The molecule has 8 heteroatoms. The minimum Gasteiger partial charge on any atom is -0.497 e. The van der Waals surface area contributed by atoms with E-state index < -0.39 is 0 Å². The van der Waals surface area contributed by atoms with Crippen LogP contribution in [0.3, 0.4) is 0 Å². The van der Waals surface area contributed by atoms with Crippen molar-refractivity contribution in [2.75, 3.05) is 7.11 Å². The molecular formula is C17H16BrN5O2. The van der Waals surface area contributed by atoms with Crippen LogP contribution in [0.25, 0.3) is 11.4 Å². The van der Waals surface area contributed by atoms with Gasteiger partial charge < -0.3 is 10.1 Å². The first-order chi connectivity index (χ1) is 12.2. The average Bonchev–Trinajstić information content (AvgIpc) is 3.08. The Morgan fingerprint density at radius 3 is 2.88 bits per heavy atom. The highest BCUT2D eigenvalue weighted by Crippen LogP contribution is 2.24. The zero-order valence-electron chi connectivity index (χ0n) is 13.5. The van der Waals surface area contributed by atoms with E-state index in [9.17, 15) is 4.79 Å². The lowest BCUT2D eigenvalue weighted by Crippen LogP contribution is -2.28. The molecule has 0 saturated carbocycles. The molecule has 0 spiro atoms. The molecule has 0 saturated heterocycles. The van der Waals surface area contributed by atoms with Crippen molar-refractivity contribution in [1.82, 2.24) is 25.5 Å². The predicted molar refractivity (Wildman–Crippen MR) is 95.8 cm³/mol. The van der Waals surface area contributed by atoms with Crippen LogP contribution in [0.15, 0.2) is 53.0 Å². The quantitative estimate of drug-likeness (QED) is 0.685. The van der Waals surface area contributed by atoms with Crippen molar-refractivity contribution in [3.63, 3.8) is 0 Å². The zero-order chi connectivity index (χ0) is 17.6. The number of ether oxygens (including phenoxy) is 1. The second kappa shape index (κ2) is 7.89. The molecule has 3 aromatic rings. The highest BCUT2D eigenvalue weighted by atomic mass is 79.9. The Hall–Kier alpha value is -2.74. The molecule has 7 nitrogen and oxygen atoms in total. The van der Waals surface area contributed by atoms with Crippen LogP contribution >= 0.6 is 15.9 Å². The van der Waals surface area contributed by atoms with Crippen molar-refractivity contribution in [2.24, 2.45) is 0 Å². The fraction of sp³-hybridized carbons (Fsp3) is 0.176. The average molecular weight is 402 g/mol. The van der Waals surface area contributed by atoms with Crippen LogP contribution in [-0.2, 0) is 17.9 Å². The molecule has 2 aromatic carbocycles. The molecule has 0 unspecified atom stereocenters. The summed E-state index contributed by atoms with van der Waals surface area (Å²) >= 11 is 3.45. The first kappa shape index (κ1) is 17.1. The van der Waals surface area contributed by atoms with Crippen molar-refractivity contribution in [3.8, 4) is 17.1 Å². The third-order valence-corrected chi connectivity index (χ3v) is 4.17. The van der Waals surface area contributed by atoms with Gasteiger partial charge in [-0.3, -0.25) is 4.79 Å². The minimum absolute atomic E-state index is 0.00141. The second-order valence-corrected chi connectivity index (χ2v) is 6.11. The van der Waals surface area contributed by atoms with E-state index in [-0.39, 0.29) is 12.5 Å². The largest absolute Gasteiger partial charge is 0.497 e. The Kier molecular flexibility index (Phi) is 5.39. The summed E-state index contributed by atoms with van der Waals surface area (Å²) < 4.78 is 6.04. The van der Waals surface area contributed by atoms with E-state index in [1.54, 1.807) is 7.11 Å². The Labute approximate surface area is 153 Å². The summed E-state index contributed by atoms with van der Waals surface area (Å²) in [5.41, 5.74) is 1.78. The van der Waals surface area contributed by atoms with Crippen LogP contribution in [0, 0.1) is 0 Å². The molecular weight excluding hydrogens is 386 g/mol. The van der Waals surface area contributed by atoms with Crippen LogP contribution in [-0.4, -0.2) is 33.2 Å². The Morgan fingerprint density at radius 1 is 1.24 bits per heavy atom. The number of carbonyl (C=O) groups is 1. The molecule has 1 amide bonds. The van der Waals surface area contributed by atoms with Gasteiger partial charge in [-0.1, -0.05) is 40.2 Å². The minimum atomic E-state index is -0.195. The molecule has 1 heterocycles. The van der Waals surface area contributed by atoms with E-state index in [0.717, 1.165) is 21.3 Å². The smallest absolute Gasteiger partial charge is 0.243 e. The third-order valence-electron chi connectivity index (χ3n) is 3.48. The molecule has 0 fully saturated rings. The van der Waals surface area contributed by atoms with Gasteiger partial charge in [0.15, 0.2) is 0 Å². The van der Waals surface area contributed by atoms with Gasteiger partial charge in [-0.2, -0.15) is 4.80 Å². The van der Waals surface area contributed by atoms with Crippen molar-refractivity contribution in [3.05, 3.63) is 58.6 Å². The number of carbonyl (C=O) groups excluding carboxylic acids is 1. The number of hydrogen-bond donors (Lipinski definition) is 1. The van der Waals surface area contributed by atoms with Crippen LogP contribution < -0.4 is 10.1 Å². The number of methoxy groups -OCH3 is 1. The Bertz CT molecular complexity index is 881. The lowest BCUT2D eigenvalue weighted by atomic mass is 10.2. The number of halogens is 1. The summed E-state index contributed by atoms with van der Waals surface area (Å²) in [6.07, 6.45) is 0. The van der Waals surface area contributed by atoms with E-state index in [0.29, 0.717) is 12.4 Å². The fourth-order valence-corrected chi connectivity index (χ4v) is 2.69. The van der Waals surface area contributed by atoms with Gasteiger partial charge in [0.25, 0.3) is 0 Å². The third kappa shape index (κ3) is 4.42. The number of aromatic nitrogens is 4. The monoisotopic (exact) mass is 401 g/mol. The van der Waals surface area contributed by atoms with Crippen molar-refractivity contribution in [2.45, 2.75) is 13.1 Å². The molecule has 1 N–H and O–H groups in total. The Morgan fingerprint density at radius 2 is 2.08 bits per heavy atom. The van der Waals surface area contributed by atoms with Gasteiger partial charge in [0.05, 0.1) is 7.11 Å². The van der Waals surface area contributed by atoms with Gasteiger partial charge in [0.2, 0.25) is 11.7 Å². The van der Waals surface area contributed by atoms with Gasteiger partial charge in [-0.25, -0.2) is 0 Å².